The molecule has 0 fully saturated rings. The molecule has 0 aliphatic rings. The predicted molar refractivity (Wildman–Crippen MR) is 91.8 cm³/mol. The average molecular weight is 390 g/mol. The molecule has 1 aromatic rings. The molecule has 1 rings (SSSR count). The van der Waals surface area contributed by atoms with Crippen LogP contribution in [0.1, 0.15) is 37.6 Å². The molecule has 0 bridgehead atoms. The normalized spacial score (nSPS) is 11.7. The van der Waals surface area contributed by atoms with Gasteiger partial charge in [-0.3, -0.25) is 0 Å². The van der Waals surface area contributed by atoms with Crippen LogP contribution in [0.25, 0.3) is 0 Å². The zero-order chi connectivity index (χ0) is 20.0. The van der Waals surface area contributed by atoms with Crippen LogP contribution >= 0.6 is 0 Å². The quantitative estimate of drug-likeness (QED) is 0.543. The van der Waals surface area contributed by atoms with Crippen LogP contribution in [-0.4, -0.2) is 46.3 Å². The van der Waals surface area contributed by atoms with Crippen molar-refractivity contribution in [3.05, 3.63) is 29.6 Å². The van der Waals surface area contributed by atoms with E-state index in [1.165, 1.54) is 0 Å². The molecule has 1 amide bonds. The number of amides is 1. The summed E-state index contributed by atoms with van der Waals surface area (Å²) in [6, 6.07) is 2.75. The smallest absolute Gasteiger partial charge is 0.407 e. The van der Waals surface area contributed by atoms with E-state index < -0.39 is 38.4 Å². The van der Waals surface area contributed by atoms with Crippen molar-refractivity contribution in [2.45, 2.75) is 37.7 Å². The van der Waals surface area contributed by atoms with Gasteiger partial charge in [-0.2, -0.15) is 0 Å². The van der Waals surface area contributed by atoms with Crippen molar-refractivity contribution in [1.82, 2.24) is 10.0 Å². The molecule has 10 heteroatoms. The van der Waals surface area contributed by atoms with Crippen molar-refractivity contribution in [3.8, 4) is 0 Å². The Hall–Kier alpha value is -2.20. The lowest BCUT2D eigenvalue weighted by atomic mass is 10.2. The van der Waals surface area contributed by atoms with Crippen molar-refractivity contribution in [3.63, 3.8) is 0 Å². The molecule has 2 N–H and O–H groups in total. The van der Waals surface area contributed by atoms with E-state index in [0.29, 0.717) is 0 Å². The Labute approximate surface area is 152 Å². The van der Waals surface area contributed by atoms with Gasteiger partial charge in [0.15, 0.2) is 0 Å². The Morgan fingerprint density at radius 2 is 1.85 bits per heavy atom. The van der Waals surface area contributed by atoms with Gasteiger partial charge in [0.05, 0.1) is 17.6 Å². The molecule has 0 aliphatic heterocycles. The minimum Gasteiger partial charge on any atom is -0.465 e. The van der Waals surface area contributed by atoms with E-state index in [4.69, 9.17) is 4.74 Å². The summed E-state index contributed by atoms with van der Waals surface area (Å²) in [6.45, 7) is 5.30. The number of esters is 1. The van der Waals surface area contributed by atoms with E-state index in [0.717, 1.165) is 25.3 Å². The third-order valence-electron chi connectivity index (χ3n) is 2.95. The van der Waals surface area contributed by atoms with Gasteiger partial charge in [0, 0.05) is 13.1 Å². The highest BCUT2D eigenvalue weighted by Gasteiger charge is 2.23. The van der Waals surface area contributed by atoms with Gasteiger partial charge in [0.2, 0.25) is 10.0 Å². The molecule has 0 radical (unpaired) electrons. The first-order chi connectivity index (χ1) is 12.0. The van der Waals surface area contributed by atoms with Crippen molar-refractivity contribution in [1.29, 1.82) is 0 Å². The number of benzene rings is 1. The summed E-state index contributed by atoms with van der Waals surface area (Å²) < 4.78 is 49.8. The van der Waals surface area contributed by atoms with Crippen molar-refractivity contribution < 1.29 is 31.9 Å². The lowest BCUT2D eigenvalue weighted by Gasteiger charge is -2.19. The van der Waals surface area contributed by atoms with Gasteiger partial charge in [-0.15, -0.1) is 0 Å². The van der Waals surface area contributed by atoms with Crippen LogP contribution in [-0.2, 0) is 19.5 Å². The fraction of sp³-hybridized carbons (Fsp3) is 0.500. The summed E-state index contributed by atoms with van der Waals surface area (Å²) in [5.41, 5.74) is -0.902. The van der Waals surface area contributed by atoms with Crippen LogP contribution in [0.15, 0.2) is 23.1 Å². The monoisotopic (exact) mass is 390 g/mol. The number of alkyl carbamates (subject to hydrolysis) is 1. The zero-order valence-electron chi connectivity index (χ0n) is 15.1. The molecule has 0 saturated heterocycles. The van der Waals surface area contributed by atoms with E-state index in [1.54, 1.807) is 20.8 Å². The van der Waals surface area contributed by atoms with Gasteiger partial charge >= 0.3 is 12.1 Å². The molecule has 0 saturated carbocycles. The number of carbonyl (C=O) groups is 2. The molecular weight excluding hydrogens is 367 g/mol. The number of methoxy groups -OCH3 is 1. The lowest BCUT2D eigenvalue weighted by Crippen LogP contribution is -2.34. The van der Waals surface area contributed by atoms with E-state index in [9.17, 15) is 22.4 Å². The van der Waals surface area contributed by atoms with Gasteiger partial charge in [0.1, 0.15) is 11.4 Å². The third-order valence-corrected chi connectivity index (χ3v) is 4.45. The molecule has 0 heterocycles. The number of hydrogen-bond donors (Lipinski definition) is 2. The van der Waals surface area contributed by atoms with Crippen LogP contribution in [0.4, 0.5) is 9.18 Å². The summed E-state index contributed by atoms with van der Waals surface area (Å²) in [6.07, 6.45) is -0.347. The zero-order valence-corrected chi connectivity index (χ0v) is 15.9. The third kappa shape index (κ3) is 6.96. The SMILES string of the molecule is COC(=O)c1ccc(F)cc1S(=O)(=O)NCCCNC(=O)OC(C)(C)C. The second-order valence-electron chi connectivity index (χ2n) is 6.31. The van der Waals surface area contributed by atoms with E-state index in [1.807, 2.05) is 0 Å². The van der Waals surface area contributed by atoms with Crippen LogP contribution in [0.5, 0.6) is 0 Å². The molecule has 0 aliphatic carbocycles. The van der Waals surface area contributed by atoms with E-state index >= 15 is 0 Å². The van der Waals surface area contributed by atoms with Crippen LogP contribution in [0.3, 0.4) is 0 Å². The Kier molecular flexibility index (Phi) is 7.52. The second kappa shape index (κ2) is 8.95. The predicted octanol–water partition coefficient (Wildman–Crippen LogP) is 1.81. The maximum atomic E-state index is 13.4. The summed E-state index contributed by atoms with van der Waals surface area (Å²) in [5, 5.41) is 2.48. The van der Waals surface area contributed by atoms with E-state index in [-0.39, 0.29) is 25.1 Å². The number of rotatable bonds is 7. The molecule has 0 aromatic heterocycles. The summed E-state index contributed by atoms with van der Waals surface area (Å²) in [5.74, 6) is -1.69. The van der Waals surface area contributed by atoms with Crippen molar-refractivity contribution in [2.75, 3.05) is 20.2 Å². The van der Waals surface area contributed by atoms with Gasteiger partial charge < -0.3 is 14.8 Å². The Morgan fingerprint density at radius 1 is 1.19 bits per heavy atom. The lowest BCUT2D eigenvalue weighted by molar-refractivity contribution is 0.0526. The molecule has 146 valence electrons. The Bertz CT molecular complexity index is 758. The van der Waals surface area contributed by atoms with Crippen LogP contribution < -0.4 is 10.0 Å². The molecule has 0 unspecified atom stereocenters. The van der Waals surface area contributed by atoms with E-state index in [2.05, 4.69) is 14.8 Å². The summed E-state index contributed by atoms with van der Waals surface area (Å²) in [7, 11) is -3.04. The first-order valence-electron chi connectivity index (χ1n) is 7.80. The molecule has 1 aromatic carbocycles. The number of hydrogen-bond acceptors (Lipinski definition) is 6. The van der Waals surface area contributed by atoms with Gasteiger partial charge in [0.25, 0.3) is 0 Å². The molecular formula is C16H23FN2O6S. The van der Waals surface area contributed by atoms with Crippen molar-refractivity contribution >= 4 is 22.1 Å². The Balaban J connectivity index is 2.64. The summed E-state index contributed by atoms with van der Waals surface area (Å²) >= 11 is 0. The summed E-state index contributed by atoms with van der Waals surface area (Å²) in [4.78, 5) is 22.6. The first-order valence-corrected chi connectivity index (χ1v) is 9.29. The standard InChI is InChI=1S/C16H23FN2O6S/c1-16(2,3)25-15(21)18-8-5-9-19-26(22,23)13-10-11(17)6-7-12(13)14(20)24-4/h6-7,10,19H,5,8-9H2,1-4H3,(H,18,21). The minimum absolute atomic E-state index is 0.0325. The molecule has 26 heavy (non-hydrogen) atoms. The fourth-order valence-electron chi connectivity index (χ4n) is 1.87. The number of halogens is 1. The molecule has 0 spiro atoms. The van der Waals surface area contributed by atoms with Gasteiger partial charge in [-0.05, 0) is 45.4 Å². The molecule has 8 nitrogen and oxygen atoms in total. The second-order valence-corrected chi connectivity index (χ2v) is 8.05. The van der Waals surface area contributed by atoms with Crippen LogP contribution in [0.2, 0.25) is 0 Å². The maximum absolute atomic E-state index is 13.4. The van der Waals surface area contributed by atoms with Gasteiger partial charge in [-0.25, -0.2) is 27.1 Å². The first kappa shape index (κ1) is 21.8. The number of ether oxygens (including phenoxy) is 2. The fourth-order valence-corrected chi connectivity index (χ4v) is 3.15. The number of nitrogens with one attached hydrogen (secondary N) is 2. The highest BCUT2D eigenvalue weighted by atomic mass is 32.2. The average Bonchev–Trinajstić information content (AvgIpc) is 2.52. The highest BCUT2D eigenvalue weighted by Crippen LogP contribution is 2.18. The maximum Gasteiger partial charge on any atom is 0.407 e. The van der Waals surface area contributed by atoms with Crippen molar-refractivity contribution in [2.24, 2.45) is 0 Å². The highest BCUT2D eigenvalue weighted by molar-refractivity contribution is 7.89. The minimum atomic E-state index is -4.13. The van der Waals surface area contributed by atoms with Crippen LogP contribution in [0, 0.1) is 5.82 Å². The van der Waals surface area contributed by atoms with Gasteiger partial charge in [-0.1, -0.05) is 0 Å². The topological polar surface area (TPSA) is 111 Å². The number of sulfonamides is 1. The Morgan fingerprint density at radius 3 is 2.42 bits per heavy atom. The molecule has 0 atom stereocenters. The largest absolute Gasteiger partial charge is 0.465 e. The number of carbonyl (C=O) groups excluding carboxylic acids is 2.